The lowest BCUT2D eigenvalue weighted by atomic mass is 10.1. The predicted octanol–water partition coefficient (Wildman–Crippen LogP) is 3.51. The van der Waals surface area contributed by atoms with Gasteiger partial charge in [-0.1, -0.05) is 11.6 Å². The molecule has 5 heteroatoms. The van der Waals surface area contributed by atoms with Crippen LogP contribution in [0.5, 0.6) is 0 Å². The van der Waals surface area contributed by atoms with E-state index in [9.17, 15) is 0 Å². The van der Waals surface area contributed by atoms with Gasteiger partial charge in [-0.05, 0) is 25.5 Å². The molecule has 0 amide bonds. The highest BCUT2D eigenvalue weighted by molar-refractivity contribution is 7.25. The number of aromatic nitrogens is 3. The highest BCUT2D eigenvalue weighted by Gasteiger charge is 2.13. The number of hydrogen-bond acceptors (Lipinski definition) is 4. The fourth-order valence-electron chi connectivity index (χ4n) is 1.88. The zero-order chi connectivity index (χ0) is 11.3. The van der Waals surface area contributed by atoms with Crippen molar-refractivity contribution in [3.63, 3.8) is 0 Å². The van der Waals surface area contributed by atoms with Gasteiger partial charge in [0.2, 0.25) is 0 Å². The number of hydrogen-bond donors (Lipinski definition) is 0. The van der Waals surface area contributed by atoms with E-state index in [1.165, 1.54) is 11.9 Å². The summed E-state index contributed by atoms with van der Waals surface area (Å²) in [7, 11) is 0. The van der Waals surface area contributed by atoms with Crippen LogP contribution in [0.3, 0.4) is 0 Å². The summed E-state index contributed by atoms with van der Waals surface area (Å²) in [6, 6.07) is 2.06. The van der Waals surface area contributed by atoms with Gasteiger partial charge >= 0.3 is 0 Å². The summed E-state index contributed by atoms with van der Waals surface area (Å²) >= 11 is 7.60. The lowest BCUT2D eigenvalue weighted by molar-refractivity contribution is 1.23. The van der Waals surface area contributed by atoms with Gasteiger partial charge in [0.25, 0.3) is 0 Å². The van der Waals surface area contributed by atoms with E-state index in [4.69, 9.17) is 11.6 Å². The Balaban J connectivity index is 2.61. The molecule has 0 bridgehead atoms. The summed E-state index contributed by atoms with van der Waals surface area (Å²) in [4.78, 5) is 13.8. The monoisotopic (exact) mass is 249 g/mol. The van der Waals surface area contributed by atoms with Crippen molar-refractivity contribution in [3.05, 3.63) is 28.8 Å². The molecule has 0 spiro atoms. The van der Waals surface area contributed by atoms with Gasteiger partial charge in [-0.2, -0.15) is 0 Å². The predicted molar refractivity (Wildman–Crippen MR) is 67.2 cm³/mol. The summed E-state index contributed by atoms with van der Waals surface area (Å²) in [5.74, 6) is 0. The molecule has 3 rings (SSSR count). The van der Waals surface area contributed by atoms with Gasteiger partial charge in [0.1, 0.15) is 16.3 Å². The van der Waals surface area contributed by atoms with Gasteiger partial charge in [-0.15, -0.1) is 11.3 Å². The maximum absolute atomic E-state index is 6.05. The zero-order valence-electron chi connectivity index (χ0n) is 8.78. The van der Waals surface area contributed by atoms with E-state index in [1.807, 2.05) is 6.92 Å². The van der Waals surface area contributed by atoms with Gasteiger partial charge in [-0.25, -0.2) is 15.0 Å². The van der Waals surface area contributed by atoms with Gasteiger partial charge < -0.3 is 0 Å². The Bertz CT molecular complexity index is 705. The van der Waals surface area contributed by atoms with Crippen LogP contribution in [0.1, 0.15) is 11.3 Å². The van der Waals surface area contributed by atoms with Crippen LogP contribution in [0.2, 0.25) is 5.15 Å². The molecule has 0 aromatic carbocycles. The Morgan fingerprint density at radius 1 is 1.25 bits per heavy atom. The molecule has 0 atom stereocenters. The molecule has 0 fully saturated rings. The first-order valence-corrected chi connectivity index (χ1v) is 6.03. The maximum atomic E-state index is 6.05. The molecular weight excluding hydrogens is 242 g/mol. The molecule has 0 saturated carbocycles. The van der Waals surface area contributed by atoms with E-state index in [-0.39, 0.29) is 0 Å². The average molecular weight is 250 g/mol. The minimum absolute atomic E-state index is 0.505. The first-order valence-electron chi connectivity index (χ1n) is 4.84. The van der Waals surface area contributed by atoms with Crippen molar-refractivity contribution in [2.24, 2.45) is 0 Å². The van der Waals surface area contributed by atoms with Crippen LogP contribution in [-0.2, 0) is 0 Å². The van der Waals surface area contributed by atoms with Crippen LogP contribution < -0.4 is 0 Å². The van der Waals surface area contributed by atoms with Crippen molar-refractivity contribution >= 4 is 43.4 Å². The number of rotatable bonds is 0. The Hall–Kier alpha value is -1.26. The summed E-state index contributed by atoms with van der Waals surface area (Å²) in [6.07, 6.45) is 1.50. The first kappa shape index (κ1) is 9.93. The van der Waals surface area contributed by atoms with Crippen molar-refractivity contribution in [2.75, 3.05) is 0 Å². The Morgan fingerprint density at radius 2 is 2.06 bits per heavy atom. The number of halogens is 1. The SMILES string of the molecule is Cc1cc(C)c2c(n1)sc1c(Cl)ncnc12. The molecule has 0 N–H and O–H groups in total. The van der Waals surface area contributed by atoms with Crippen molar-refractivity contribution in [3.8, 4) is 0 Å². The van der Waals surface area contributed by atoms with Crippen molar-refractivity contribution in [1.82, 2.24) is 15.0 Å². The Morgan fingerprint density at radius 3 is 2.88 bits per heavy atom. The number of aryl methyl sites for hydroxylation is 2. The largest absolute Gasteiger partial charge is 0.242 e. The first-order chi connectivity index (χ1) is 7.66. The van der Waals surface area contributed by atoms with E-state index in [2.05, 4.69) is 27.9 Å². The summed E-state index contributed by atoms with van der Waals surface area (Å²) < 4.78 is 0.917. The fourth-order valence-corrected chi connectivity index (χ4v) is 3.26. The third-order valence-electron chi connectivity index (χ3n) is 2.51. The van der Waals surface area contributed by atoms with E-state index in [1.54, 1.807) is 11.3 Å². The molecule has 0 saturated heterocycles. The summed E-state index contributed by atoms with van der Waals surface area (Å²) in [5, 5.41) is 1.60. The van der Waals surface area contributed by atoms with Crippen LogP contribution in [0.25, 0.3) is 20.4 Å². The van der Waals surface area contributed by atoms with Crippen LogP contribution in [-0.4, -0.2) is 15.0 Å². The smallest absolute Gasteiger partial charge is 0.150 e. The summed E-state index contributed by atoms with van der Waals surface area (Å²) in [5.41, 5.74) is 3.11. The topological polar surface area (TPSA) is 38.7 Å². The molecule has 0 aliphatic rings. The minimum Gasteiger partial charge on any atom is -0.242 e. The molecule has 3 nitrogen and oxygen atoms in total. The van der Waals surface area contributed by atoms with Gasteiger partial charge in [0, 0.05) is 11.1 Å². The highest BCUT2D eigenvalue weighted by Crippen LogP contribution is 2.36. The van der Waals surface area contributed by atoms with Gasteiger partial charge in [-0.3, -0.25) is 0 Å². The Kier molecular flexibility index (Phi) is 2.09. The lowest BCUT2D eigenvalue weighted by Crippen LogP contribution is -1.84. The highest BCUT2D eigenvalue weighted by atomic mass is 35.5. The lowest BCUT2D eigenvalue weighted by Gasteiger charge is -1.98. The van der Waals surface area contributed by atoms with Crippen LogP contribution in [0, 0.1) is 13.8 Å². The summed E-state index contributed by atoms with van der Waals surface area (Å²) in [6.45, 7) is 4.06. The zero-order valence-corrected chi connectivity index (χ0v) is 10.4. The van der Waals surface area contributed by atoms with Crippen LogP contribution >= 0.6 is 22.9 Å². The second-order valence-corrected chi connectivity index (χ2v) is 5.06. The Labute approximate surface area is 101 Å². The van der Waals surface area contributed by atoms with Gasteiger partial charge in [0.15, 0.2) is 0 Å². The van der Waals surface area contributed by atoms with E-state index >= 15 is 0 Å². The van der Waals surface area contributed by atoms with Crippen LogP contribution in [0.15, 0.2) is 12.4 Å². The van der Waals surface area contributed by atoms with E-state index < -0.39 is 0 Å². The third-order valence-corrected chi connectivity index (χ3v) is 3.99. The normalized spacial score (nSPS) is 11.4. The average Bonchev–Trinajstić information content (AvgIpc) is 2.57. The molecule has 3 aromatic heterocycles. The molecule has 0 aliphatic heterocycles. The molecule has 0 aliphatic carbocycles. The molecular formula is C11H8ClN3S. The molecule has 16 heavy (non-hydrogen) atoms. The number of fused-ring (bicyclic) bond motifs is 3. The number of thiophene rings is 1. The van der Waals surface area contributed by atoms with E-state index in [0.717, 1.165) is 26.1 Å². The minimum atomic E-state index is 0.505. The second kappa shape index (κ2) is 3.37. The van der Waals surface area contributed by atoms with Crippen molar-refractivity contribution in [2.45, 2.75) is 13.8 Å². The van der Waals surface area contributed by atoms with Gasteiger partial charge in [0.05, 0.1) is 10.2 Å². The molecule has 0 radical (unpaired) electrons. The van der Waals surface area contributed by atoms with Crippen molar-refractivity contribution < 1.29 is 0 Å². The molecule has 3 heterocycles. The third kappa shape index (κ3) is 1.30. The fraction of sp³-hybridized carbons (Fsp3) is 0.182. The number of nitrogens with zero attached hydrogens (tertiary/aromatic N) is 3. The molecule has 3 aromatic rings. The quantitative estimate of drug-likeness (QED) is 0.573. The van der Waals surface area contributed by atoms with E-state index in [0.29, 0.717) is 5.15 Å². The van der Waals surface area contributed by atoms with Crippen molar-refractivity contribution in [1.29, 1.82) is 0 Å². The maximum Gasteiger partial charge on any atom is 0.150 e. The number of pyridine rings is 1. The standard InChI is InChI=1S/C11H8ClN3S/c1-5-3-6(2)15-11-7(5)8-9(16-11)10(12)14-4-13-8/h3-4H,1-2H3. The molecule has 80 valence electrons. The second-order valence-electron chi connectivity index (χ2n) is 3.70. The molecule has 0 unspecified atom stereocenters. The van der Waals surface area contributed by atoms with Crippen LogP contribution in [0.4, 0.5) is 0 Å².